The van der Waals surface area contributed by atoms with Crippen molar-refractivity contribution in [3.8, 4) is 0 Å². The van der Waals surface area contributed by atoms with E-state index in [4.69, 9.17) is 4.42 Å². The molecule has 1 unspecified atom stereocenters. The van der Waals surface area contributed by atoms with Crippen molar-refractivity contribution in [2.24, 2.45) is 0 Å². The Morgan fingerprint density at radius 1 is 1.09 bits per heavy atom. The summed E-state index contributed by atoms with van der Waals surface area (Å²) in [4.78, 5) is 27.0. The number of anilines is 2. The first kappa shape index (κ1) is 22.5. The van der Waals surface area contributed by atoms with Gasteiger partial charge in [0.25, 0.3) is 5.91 Å². The fourth-order valence-corrected chi connectivity index (χ4v) is 4.10. The molecule has 3 N–H and O–H groups in total. The minimum absolute atomic E-state index is 0.0655. The molecule has 4 rings (SSSR count). The van der Waals surface area contributed by atoms with E-state index in [-0.39, 0.29) is 18.0 Å². The topological polar surface area (TPSA) is 86.6 Å². The van der Waals surface area contributed by atoms with Crippen LogP contribution in [0.3, 0.4) is 0 Å². The predicted molar refractivity (Wildman–Crippen MR) is 129 cm³/mol. The van der Waals surface area contributed by atoms with E-state index in [1.54, 1.807) is 12.3 Å². The molecule has 1 aliphatic heterocycles. The monoisotopic (exact) mass is 446 g/mol. The van der Waals surface area contributed by atoms with E-state index in [2.05, 4.69) is 46.0 Å². The third kappa shape index (κ3) is 5.37. The smallest absolute Gasteiger partial charge is 0.319 e. The SMILES string of the molecule is CC(C)NC(=O)Nc1ccc(CNC(=O)c2ccoc2CN2c3ccccc3CC2C)cc1. The standard InChI is InChI=1S/C26H30N4O3/c1-17(2)28-26(32)29-21-10-8-19(9-11-21)15-27-25(31)22-12-13-33-24(22)16-30-18(3)14-20-6-4-5-7-23(20)30/h4-13,17-18H,14-16H2,1-3H3,(H,27,31)(H2,28,29,32). The number of amides is 3. The minimum Gasteiger partial charge on any atom is -0.467 e. The van der Waals surface area contributed by atoms with E-state index < -0.39 is 0 Å². The molecule has 2 heterocycles. The lowest BCUT2D eigenvalue weighted by Gasteiger charge is -2.24. The molecule has 3 amide bonds. The fourth-order valence-electron chi connectivity index (χ4n) is 4.10. The Labute approximate surface area is 194 Å². The van der Waals surface area contributed by atoms with Crippen LogP contribution in [0.1, 0.15) is 48.0 Å². The van der Waals surface area contributed by atoms with E-state index in [1.165, 1.54) is 11.3 Å². The Morgan fingerprint density at radius 2 is 1.85 bits per heavy atom. The van der Waals surface area contributed by atoms with Crippen LogP contribution in [-0.2, 0) is 19.5 Å². The number of benzene rings is 2. The molecule has 172 valence electrons. The van der Waals surface area contributed by atoms with E-state index in [0.717, 1.165) is 12.0 Å². The molecule has 1 aromatic heterocycles. The van der Waals surface area contributed by atoms with Gasteiger partial charge in [-0.25, -0.2) is 4.79 Å². The number of nitrogens with one attached hydrogen (secondary N) is 3. The second-order valence-electron chi connectivity index (χ2n) is 8.70. The van der Waals surface area contributed by atoms with Crippen LogP contribution in [-0.4, -0.2) is 24.0 Å². The molecule has 3 aromatic rings. The summed E-state index contributed by atoms with van der Waals surface area (Å²) in [5.74, 6) is 0.490. The maximum absolute atomic E-state index is 12.9. The van der Waals surface area contributed by atoms with Gasteiger partial charge in [0.05, 0.1) is 18.4 Å². The van der Waals surface area contributed by atoms with E-state index >= 15 is 0 Å². The van der Waals surface area contributed by atoms with Crippen molar-refractivity contribution in [2.45, 2.75) is 52.4 Å². The third-order valence-electron chi connectivity index (χ3n) is 5.74. The molecule has 1 atom stereocenters. The van der Waals surface area contributed by atoms with Gasteiger partial charge in [-0.3, -0.25) is 4.79 Å². The van der Waals surface area contributed by atoms with Crippen LogP contribution >= 0.6 is 0 Å². The van der Waals surface area contributed by atoms with Gasteiger partial charge in [-0.1, -0.05) is 30.3 Å². The van der Waals surface area contributed by atoms with Gasteiger partial charge in [0.15, 0.2) is 0 Å². The number of rotatable bonds is 7. The molecule has 7 heteroatoms. The van der Waals surface area contributed by atoms with E-state index in [1.807, 2.05) is 44.2 Å². The molecule has 0 bridgehead atoms. The Bertz CT molecular complexity index is 1120. The zero-order valence-electron chi connectivity index (χ0n) is 19.2. The number of hydrogen-bond acceptors (Lipinski definition) is 4. The van der Waals surface area contributed by atoms with Crippen LogP contribution in [0.15, 0.2) is 65.3 Å². The molecule has 0 aliphatic carbocycles. The van der Waals surface area contributed by atoms with Crippen molar-refractivity contribution in [1.82, 2.24) is 10.6 Å². The van der Waals surface area contributed by atoms with Crippen LogP contribution in [0.5, 0.6) is 0 Å². The number of fused-ring (bicyclic) bond motifs is 1. The lowest BCUT2D eigenvalue weighted by atomic mass is 10.1. The summed E-state index contributed by atoms with van der Waals surface area (Å²) in [6.45, 7) is 6.92. The zero-order valence-corrected chi connectivity index (χ0v) is 19.2. The van der Waals surface area contributed by atoms with E-state index in [9.17, 15) is 9.59 Å². The summed E-state index contributed by atoms with van der Waals surface area (Å²) in [5, 5.41) is 8.53. The van der Waals surface area contributed by atoms with Crippen LogP contribution in [0.4, 0.5) is 16.2 Å². The van der Waals surface area contributed by atoms with Crippen molar-refractivity contribution >= 4 is 23.3 Å². The second-order valence-corrected chi connectivity index (χ2v) is 8.70. The highest BCUT2D eigenvalue weighted by Gasteiger charge is 2.27. The van der Waals surface area contributed by atoms with Crippen molar-refractivity contribution < 1.29 is 14.0 Å². The minimum atomic E-state index is -0.242. The van der Waals surface area contributed by atoms with Gasteiger partial charge in [-0.15, -0.1) is 0 Å². The Balaban J connectivity index is 1.35. The molecule has 33 heavy (non-hydrogen) atoms. The number of hydrogen-bond donors (Lipinski definition) is 3. The highest BCUT2D eigenvalue weighted by molar-refractivity contribution is 5.95. The van der Waals surface area contributed by atoms with Crippen molar-refractivity contribution in [3.63, 3.8) is 0 Å². The average Bonchev–Trinajstić information content (AvgIpc) is 3.37. The largest absolute Gasteiger partial charge is 0.467 e. The number of nitrogens with zero attached hydrogens (tertiary/aromatic N) is 1. The highest BCUT2D eigenvalue weighted by Crippen LogP contribution is 2.33. The maximum atomic E-state index is 12.9. The summed E-state index contributed by atoms with van der Waals surface area (Å²) in [7, 11) is 0. The lowest BCUT2D eigenvalue weighted by molar-refractivity contribution is 0.0949. The molecular weight excluding hydrogens is 416 g/mol. The van der Waals surface area contributed by atoms with Gasteiger partial charge in [0.1, 0.15) is 5.76 Å². The second kappa shape index (κ2) is 9.81. The first-order valence-electron chi connectivity index (χ1n) is 11.3. The fraction of sp³-hybridized carbons (Fsp3) is 0.308. The summed E-state index contributed by atoms with van der Waals surface area (Å²) >= 11 is 0. The summed E-state index contributed by atoms with van der Waals surface area (Å²) in [6, 6.07) is 17.6. The normalized spacial score (nSPS) is 14.8. The van der Waals surface area contributed by atoms with Crippen LogP contribution < -0.4 is 20.9 Å². The van der Waals surface area contributed by atoms with Gasteiger partial charge in [-0.05, 0) is 62.6 Å². The van der Waals surface area contributed by atoms with Gasteiger partial charge in [-0.2, -0.15) is 0 Å². The molecule has 7 nitrogen and oxygen atoms in total. The molecule has 0 spiro atoms. The lowest BCUT2D eigenvalue weighted by Crippen LogP contribution is -2.34. The highest BCUT2D eigenvalue weighted by atomic mass is 16.3. The summed E-state index contributed by atoms with van der Waals surface area (Å²) in [6.07, 6.45) is 2.56. The van der Waals surface area contributed by atoms with Gasteiger partial charge in [0.2, 0.25) is 0 Å². The van der Waals surface area contributed by atoms with Crippen LogP contribution in [0.25, 0.3) is 0 Å². The van der Waals surface area contributed by atoms with Crippen molar-refractivity contribution in [3.05, 3.63) is 83.3 Å². The van der Waals surface area contributed by atoms with Crippen LogP contribution in [0.2, 0.25) is 0 Å². The van der Waals surface area contributed by atoms with Gasteiger partial charge >= 0.3 is 6.03 Å². The molecule has 0 saturated carbocycles. The van der Waals surface area contributed by atoms with Crippen molar-refractivity contribution in [1.29, 1.82) is 0 Å². The average molecular weight is 447 g/mol. The number of carbonyl (C=O) groups is 2. The number of furan rings is 1. The summed E-state index contributed by atoms with van der Waals surface area (Å²) in [5.41, 5.74) is 4.70. The van der Waals surface area contributed by atoms with Gasteiger partial charge in [0, 0.05) is 30.0 Å². The first-order chi connectivity index (χ1) is 15.9. The third-order valence-corrected chi connectivity index (χ3v) is 5.74. The number of urea groups is 1. The quantitative estimate of drug-likeness (QED) is 0.491. The zero-order chi connectivity index (χ0) is 23.4. The number of carbonyl (C=O) groups excluding carboxylic acids is 2. The number of para-hydroxylation sites is 1. The Morgan fingerprint density at radius 3 is 2.61 bits per heavy atom. The molecule has 0 fully saturated rings. The van der Waals surface area contributed by atoms with Gasteiger partial charge < -0.3 is 25.3 Å². The van der Waals surface area contributed by atoms with Crippen LogP contribution in [0, 0.1) is 0 Å². The Hall–Kier alpha value is -3.74. The Kier molecular flexibility index (Phi) is 6.68. The molecule has 1 aliphatic rings. The predicted octanol–water partition coefficient (Wildman–Crippen LogP) is 4.69. The molecular formula is C26H30N4O3. The molecule has 2 aromatic carbocycles. The first-order valence-corrected chi connectivity index (χ1v) is 11.3. The van der Waals surface area contributed by atoms with E-state index in [0.29, 0.717) is 36.1 Å². The maximum Gasteiger partial charge on any atom is 0.319 e. The summed E-state index contributed by atoms with van der Waals surface area (Å²) < 4.78 is 5.69. The molecule has 0 radical (unpaired) electrons. The van der Waals surface area contributed by atoms with Crippen molar-refractivity contribution in [2.75, 3.05) is 10.2 Å². The molecule has 0 saturated heterocycles.